The lowest BCUT2D eigenvalue weighted by Crippen LogP contribution is -2.15. The molecule has 1 aromatic rings. The van der Waals surface area contributed by atoms with Crippen molar-refractivity contribution >= 4 is 17.3 Å². The number of nitro groups is 1. The normalized spacial score (nSPS) is 12.5. The van der Waals surface area contributed by atoms with Crippen LogP contribution in [0, 0.1) is 10.1 Å². The Morgan fingerprint density at radius 2 is 2.20 bits per heavy atom. The molecule has 5 nitrogen and oxygen atoms in total. The van der Waals surface area contributed by atoms with Crippen molar-refractivity contribution in [3.63, 3.8) is 0 Å². The van der Waals surface area contributed by atoms with Gasteiger partial charge in [0.05, 0.1) is 4.92 Å². The highest BCUT2D eigenvalue weighted by atomic mass is 35.5. The molecule has 0 aliphatic heterocycles. The van der Waals surface area contributed by atoms with Crippen LogP contribution in [0.1, 0.15) is 18.0 Å². The third kappa shape index (κ3) is 2.89. The van der Waals surface area contributed by atoms with E-state index in [0.717, 1.165) is 0 Å². The highest BCUT2D eigenvalue weighted by Crippen LogP contribution is 2.27. The zero-order valence-corrected chi connectivity index (χ0v) is 8.78. The van der Waals surface area contributed by atoms with Crippen molar-refractivity contribution in [2.45, 2.75) is 12.5 Å². The van der Waals surface area contributed by atoms with Crippen LogP contribution in [0.2, 0.25) is 5.02 Å². The van der Waals surface area contributed by atoms with Crippen molar-refractivity contribution in [1.82, 2.24) is 0 Å². The number of benzene rings is 1. The average Bonchev–Trinajstić information content (AvgIpc) is 2.18. The summed E-state index contributed by atoms with van der Waals surface area (Å²) < 4.78 is 0. The fraction of sp³-hybridized carbons (Fsp3) is 0.333. The van der Waals surface area contributed by atoms with Gasteiger partial charge in [-0.1, -0.05) is 11.6 Å². The van der Waals surface area contributed by atoms with Crippen LogP contribution < -0.4 is 11.5 Å². The molecule has 1 atom stereocenters. The molecule has 0 unspecified atom stereocenters. The number of nitrogens with two attached hydrogens (primary N) is 2. The Morgan fingerprint density at radius 1 is 1.53 bits per heavy atom. The Bertz CT molecular complexity index is 370. The van der Waals surface area contributed by atoms with Crippen LogP contribution in [0.5, 0.6) is 0 Å². The van der Waals surface area contributed by atoms with Crippen LogP contribution in [0.25, 0.3) is 0 Å². The van der Waals surface area contributed by atoms with Crippen LogP contribution in [0.4, 0.5) is 5.69 Å². The molecule has 0 aliphatic rings. The van der Waals surface area contributed by atoms with Gasteiger partial charge in [0.15, 0.2) is 0 Å². The molecular weight excluding hydrogens is 218 g/mol. The first kappa shape index (κ1) is 11.9. The third-order valence-electron chi connectivity index (χ3n) is 2.07. The summed E-state index contributed by atoms with van der Waals surface area (Å²) in [6.45, 7) is 0.417. The summed E-state index contributed by atoms with van der Waals surface area (Å²) in [5, 5.41) is 11.0. The topological polar surface area (TPSA) is 95.2 Å². The first-order valence-corrected chi connectivity index (χ1v) is 4.83. The quantitative estimate of drug-likeness (QED) is 0.606. The number of non-ortho nitro benzene ring substituents is 1. The maximum Gasteiger partial charge on any atom is 0.269 e. The summed E-state index contributed by atoms with van der Waals surface area (Å²) in [5.74, 6) is 0. The molecule has 82 valence electrons. The van der Waals surface area contributed by atoms with Crippen LogP contribution in [0.3, 0.4) is 0 Å². The Morgan fingerprint density at radius 3 is 2.73 bits per heavy atom. The largest absolute Gasteiger partial charge is 0.330 e. The summed E-state index contributed by atoms with van der Waals surface area (Å²) in [6, 6.07) is 3.86. The standard InChI is InChI=1S/C9H12ClN3O2/c10-8-2-1-6(13(14)15)5-7(8)9(12)3-4-11/h1-2,5,9H,3-4,11-12H2/t9-/m1/s1. The molecule has 0 saturated heterocycles. The average molecular weight is 230 g/mol. The van der Waals surface area contributed by atoms with Gasteiger partial charge in [-0.2, -0.15) is 0 Å². The molecule has 0 saturated carbocycles. The molecule has 0 aliphatic carbocycles. The molecule has 1 aromatic carbocycles. The summed E-state index contributed by atoms with van der Waals surface area (Å²) in [4.78, 5) is 10.1. The van der Waals surface area contributed by atoms with Crippen LogP contribution in [-0.4, -0.2) is 11.5 Å². The van der Waals surface area contributed by atoms with Gasteiger partial charge in [0.2, 0.25) is 0 Å². The summed E-state index contributed by atoms with van der Waals surface area (Å²) in [7, 11) is 0. The van der Waals surface area contributed by atoms with Crippen molar-refractivity contribution in [2.24, 2.45) is 11.5 Å². The zero-order valence-electron chi connectivity index (χ0n) is 8.02. The summed E-state index contributed by atoms with van der Waals surface area (Å²) in [6.07, 6.45) is 0.543. The molecule has 15 heavy (non-hydrogen) atoms. The van der Waals surface area contributed by atoms with Gasteiger partial charge in [-0.15, -0.1) is 0 Å². The molecular formula is C9H12ClN3O2. The molecule has 0 spiro atoms. The molecule has 0 fully saturated rings. The Hall–Kier alpha value is -1.17. The predicted octanol–water partition coefficient (Wildman–Crippen LogP) is 1.60. The van der Waals surface area contributed by atoms with Gasteiger partial charge >= 0.3 is 0 Å². The molecule has 1 rings (SSSR count). The lowest BCUT2D eigenvalue weighted by atomic mass is 10.0. The minimum absolute atomic E-state index is 0.0122. The molecule has 4 N–H and O–H groups in total. The van der Waals surface area contributed by atoms with Crippen molar-refractivity contribution in [3.8, 4) is 0 Å². The lowest BCUT2D eigenvalue weighted by molar-refractivity contribution is -0.384. The minimum atomic E-state index is -0.477. The molecule has 0 aromatic heterocycles. The second kappa shape index (κ2) is 5.06. The van der Waals surface area contributed by atoms with Gasteiger partial charge in [-0.3, -0.25) is 10.1 Å². The number of nitrogens with zero attached hydrogens (tertiary/aromatic N) is 1. The van der Waals surface area contributed by atoms with E-state index in [2.05, 4.69) is 0 Å². The summed E-state index contributed by atoms with van der Waals surface area (Å²) in [5.41, 5.74) is 11.7. The smallest absolute Gasteiger partial charge is 0.269 e. The van der Waals surface area contributed by atoms with E-state index in [1.165, 1.54) is 18.2 Å². The van der Waals surface area contributed by atoms with E-state index in [0.29, 0.717) is 23.6 Å². The SMILES string of the molecule is NCC[C@@H](N)c1cc([N+](=O)[O-])ccc1Cl. The van der Waals surface area contributed by atoms with E-state index in [1.807, 2.05) is 0 Å². The molecule has 6 heteroatoms. The number of nitro benzene ring substituents is 1. The van der Waals surface area contributed by atoms with E-state index in [1.54, 1.807) is 0 Å². The fourth-order valence-electron chi connectivity index (χ4n) is 1.26. The number of hydrogen-bond acceptors (Lipinski definition) is 4. The van der Waals surface area contributed by atoms with Crippen LogP contribution in [-0.2, 0) is 0 Å². The Kier molecular flexibility index (Phi) is 4.02. The minimum Gasteiger partial charge on any atom is -0.330 e. The van der Waals surface area contributed by atoms with Gasteiger partial charge in [0.1, 0.15) is 0 Å². The van der Waals surface area contributed by atoms with Gasteiger partial charge in [0.25, 0.3) is 5.69 Å². The second-order valence-corrected chi connectivity index (χ2v) is 3.55. The lowest BCUT2D eigenvalue weighted by Gasteiger charge is -2.11. The van der Waals surface area contributed by atoms with Gasteiger partial charge in [-0.05, 0) is 24.6 Å². The van der Waals surface area contributed by atoms with Crippen LogP contribution >= 0.6 is 11.6 Å². The van der Waals surface area contributed by atoms with E-state index < -0.39 is 4.92 Å². The number of halogens is 1. The van der Waals surface area contributed by atoms with Gasteiger partial charge in [-0.25, -0.2) is 0 Å². The highest BCUT2D eigenvalue weighted by molar-refractivity contribution is 6.31. The molecule has 0 heterocycles. The van der Waals surface area contributed by atoms with Crippen molar-refractivity contribution in [1.29, 1.82) is 0 Å². The Balaban J connectivity index is 3.04. The highest BCUT2D eigenvalue weighted by Gasteiger charge is 2.14. The summed E-state index contributed by atoms with van der Waals surface area (Å²) >= 11 is 5.89. The van der Waals surface area contributed by atoms with Gasteiger partial charge < -0.3 is 11.5 Å². The van der Waals surface area contributed by atoms with E-state index >= 15 is 0 Å². The predicted molar refractivity (Wildman–Crippen MR) is 58.7 cm³/mol. The van der Waals surface area contributed by atoms with Crippen molar-refractivity contribution in [2.75, 3.05) is 6.54 Å². The maximum atomic E-state index is 10.5. The Labute approximate surface area is 92.2 Å². The fourth-order valence-corrected chi connectivity index (χ4v) is 1.52. The zero-order chi connectivity index (χ0) is 11.4. The molecule has 0 amide bonds. The first-order valence-electron chi connectivity index (χ1n) is 4.45. The molecule has 0 bridgehead atoms. The molecule has 0 radical (unpaired) electrons. The van der Waals surface area contributed by atoms with E-state index in [4.69, 9.17) is 23.1 Å². The third-order valence-corrected chi connectivity index (χ3v) is 2.41. The second-order valence-electron chi connectivity index (χ2n) is 3.15. The van der Waals surface area contributed by atoms with Crippen molar-refractivity contribution < 1.29 is 4.92 Å². The van der Waals surface area contributed by atoms with E-state index in [9.17, 15) is 10.1 Å². The first-order chi connectivity index (χ1) is 7.06. The maximum absolute atomic E-state index is 10.5. The van der Waals surface area contributed by atoms with Crippen LogP contribution in [0.15, 0.2) is 18.2 Å². The van der Waals surface area contributed by atoms with E-state index in [-0.39, 0.29) is 11.7 Å². The number of hydrogen-bond donors (Lipinski definition) is 2. The monoisotopic (exact) mass is 229 g/mol. The number of rotatable bonds is 4. The van der Waals surface area contributed by atoms with Gasteiger partial charge in [0, 0.05) is 23.2 Å². The van der Waals surface area contributed by atoms with Crippen molar-refractivity contribution in [3.05, 3.63) is 38.9 Å².